The molecule has 0 spiro atoms. The lowest BCUT2D eigenvalue weighted by Crippen LogP contribution is -2.27. The number of nitrogens with zero attached hydrogens (tertiary/aromatic N) is 1. The van der Waals surface area contributed by atoms with Crippen molar-refractivity contribution in [3.05, 3.63) is 0 Å². The molecule has 0 aromatic rings. The molecule has 0 aromatic heterocycles. The first-order valence-electron chi connectivity index (χ1n) is 2.68. The first kappa shape index (κ1) is 6.22. The van der Waals surface area contributed by atoms with Crippen molar-refractivity contribution < 1.29 is 14.7 Å². The van der Waals surface area contributed by atoms with E-state index in [1.807, 2.05) is 0 Å². The number of likely N-dealkylation sites (tertiary alicyclic amines) is 1. The fourth-order valence-electron chi connectivity index (χ4n) is 0.756. The van der Waals surface area contributed by atoms with Gasteiger partial charge in [0.15, 0.2) is 0 Å². The van der Waals surface area contributed by atoms with Crippen LogP contribution in [-0.2, 0) is 9.59 Å². The smallest absolute Gasteiger partial charge is 0.291 e. The minimum absolute atomic E-state index is 0.249. The minimum atomic E-state index is -0.558. The van der Waals surface area contributed by atoms with Crippen molar-refractivity contribution in [2.24, 2.45) is 0 Å². The van der Waals surface area contributed by atoms with Crippen molar-refractivity contribution in [3.8, 4) is 0 Å². The highest BCUT2D eigenvalue weighted by molar-refractivity contribution is 6.37. The Hall–Kier alpha value is -0.900. The summed E-state index contributed by atoms with van der Waals surface area (Å²) in [5, 5.41) is 8.41. The Balaban J connectivity index is 2.62. The van der Waals surface area contributed by atoms with E-state index in [-0.39, 0.29) is 13.2 Å². The number of amides is 1. The maximum Gasteiger partial charge on any atom is 0.291 e. The Morgan fingerprint density at radius 2 is 2.22 bits per heavy atom. The van der Waals surface area contributed by atoms with Gasteiger partial charge in [-0.05, 0) is 0 Å². The highest BCUT2D eigenvalue weighted by Crippen LogP contribution is 2.03. The Bertz CT molecular complexity index is 154. The standard InChI is InChI=1S/C5H7NO3/c7-3-6-2-1-4(8)5(6)9/h7H,1-3H2. The van der Waals surface area contributed by atoms with E-state index < -0.39 is 11.7 Å². The molecule has 0 bridgehead atoms. The summed E-state index contributed by atoms with van der Waals surface area (Å²) in [5.74, 6) is -0.957. The van der Waals surface area contributed by atoms with Crippen LogP contribution < -0.4 is 0 Å². The second-order valence-corrected chi connectivity index (χ2v) is 1.88. The lowest BCUT2D eigenvalue weighted by molar-refractivity contribution is -0.141. The van der Waals surface area contributed by atoms with E-state index in [0.29, 0.717) is 6.54 Å². The number of rotatable bonds is 1. The lowest BCUT2D eigenvalue weighted by atomic mass is 10.3. The SMILES string of the molecule is O=C1CCN(CO)C1=O. The molecule has 1 heterocycles. The number of carbonyl (C=O) groups is 2. The van der Waals surface area contributed by atoms with Gasteiger partial charge in [-0.25, -0.2) is 0 Å². The molecule has 0 aromatic carbocycles. The second-order valence-electron chi connectivity index (χ2n) is 1.88. The third-order valence-electron chi connectivity index (χ3n) is 1.31. The highest BCUT2D eigenvalue weighted by Gasteiger charge is 2.27. The third kappa shape index (κ3) is 0.929. The molecule has 1 aliphatic rings. The van der Waals surface area contributed by atoms with Crippen LogP contribution in [-0.4, -0.2) is 35.0 Å². The second kappa shape index (κ2) is 2.14. The summed E-state index contributed by atoms with van der Waals surface area (Å²) < 4.78 is 0. The molecule has 4 heteroatoms. The van der Waals surface area contributed by atoms with Crippen LogP contribution in [0.2, 0.25) is 0 Å². The molecule has 0 unspecified atom stereocenters. The van der Waals surface area contributed by atoms with Gasteiger partial charge >= 0.3 is 0 Å². The first-order chi connectivity index (χ1) is 4.25. The van der Waals surface area contributed by atoms with Crippen LogP contribution in [0.3, 0.4) is 0 Å². The van der Waals surface area contributed by atoms with Crippen molar-refractivity contribution in [2.45, 2.75) is 6.42 Å². The Labute approximate surface area is 52.1 Å². The molecule has 1 fully saturated rings. The molecule has 1 amide bonds. The largest absolute Gasteiger partial charge is 0.376 e. The van der Waals surface area contributed by atoms with Crippen molar-refractivity contribution in [1.82, 2.24) is 4.90 Å². The normalized spacial score (nSPS) is 19.4. The van der Waals surface area contributed by atoms with Gasteiger partial charge in [0, 0.05) is 13.0 Å². The van der Waals surface area contributed by atoms with Gasteiger partial charge in [0.2, 0.25) is 5.78 Å². The van der Waals surface area contributed by atoms with Crippen LogP contribution in [0.5, 0.6) is 0 Å². The number of ketones is 1. The van der Waals surface area contributed by atoms with Crippen LogP contribution in [0.1, 0.15) is 6.42 Å². The van der Waals surface area contributed by atoms with Crippen molar-refractivity contribution in [1.29, 1.82) is 0 Å². The van der Waals surface area contributed by atoms with E-state index in [1.54, 1.807) is 0 Å². The van der Waals surface area contributed by atoms with Gasteiger partial charge in [0.1, 0.15) is 6.73 Å². The molecular weight excluding hydrogens is 122 g/mol. The summed E-state index contributed by atoms with van der Waals surface area (Å²) >= 11 is 0. The van der Waals surface area contributed by atoms with E-state index in [1.165, 1.54) is 0 Å². The maximum absolute atomic E-state index is 10.6. The molecule has 0 radical (unpaired) electrons. The van der Waals surface area contributed by atoms with E-state index in [4.69, 9.17) is 5.11 Å². The van der Waals surface area contributed by atoms with Crippen LogP contribution in [0.15, 0.2) is 0 Å². The number of hydrogen-bond acceptors (Lipinski definition) is 3. The van der Waals surface area contributed by atoms with E-state index in [0.717, 1.165) is 4.90 Å². The predicted molar refractivity (Wildman–Crippen MR) is 28.4 cm³/mol. The molecule has 1 N–H and O–H groups in total. The highest BCUT2D eigenvalue weighted by atomic mass is 16.3. The number of Topliss-reactive ketones (excluding diaryl/α,β-unsaturated/α-hetero) is 1. The summed E-state index contributed by atoms with van der Waals surface area (Å²) in [6, 6.07) is 0. The summed E-state index contributed by atoms with van der Waals surface area (Å²) in [4.78, 5) is 22.1. The van der Waals surface area contributed by atoms with Crippen molar-refractivity contribution in [3.63, 3.8) is 0 Å². The summed E-state index contributed by atoms with van der Waals surface area (Å²) in [6.45, 7) is 0.0265. The molecule has 0 saturated carbocycles. The zero-order valence-electron chi connectivity index (χ0n) is 4.83. The van der Waals surface area contributed by atoms with Gasteiger partial charge in [-0.3, -0.25) is 9.59 Å². The van der Waals surface area contributed by atoms with Crippen molar-refractivity contribution >= 4 is 11.7 Å². The van der Waals surface area contributed by atoms with Gasteiger partial charge in [0.25, 0.3) is 5.91 Å². The average molecular weight is 129 g/mol. The van der Waals surface area contributed by atoms with Crippen LogP contribution >= 0.6 is 0 Å². The lowest BCUT2D eigenvalue weighted by Gasteiger charge is -2.07. The fraction of sp³-hybridized carbons (Fsp3) is 0.600. The number of aliphatic hydroxyl groups is 1. The Morgan fingerprint density at radius 3 is 2.44 bits per heavy atom. The monoisotopic (exact) mass is 129 g/mol. The summed E-state index contributed by atoms with van der Waals surface area (Å²) in [6.07, 6.45) is 0.249. The fourth-order valence-corrected chi connectivity index (χ4v) is 0.756. The third-order valence-corrected chi connectivity index (χ3v) is 1.31. The van der Waals surface area contributed by atoms with Crippen molar-refractivity contribution in [2.75, 3.05) is 13.3 Å². The van der Waals surface area contributed by atoms with E-state index in [2.05, 4.69) is 0 Å². The number of aliphatic hydroxyl groups excluding tert-OH is 1. The number of carbonyl (C=O) groups excluding carboxylic acids is 2. The van der Waals surface area contributed by atoms with Crippen LogP contribution in [0.25, 0.3) is 0 Å². The quantitative estimate of drug-likeness (QED) is 0.449. The zero-order valence-corrected chi connectivity index (χ0v) is 4.83. The Kier molecular flexibility index (Phi) is 1.48. The molecule has 0 atom stereocenters. The molecular formula is C5H7NO3. The average Bonchev–Trinajstić information content (AvgIpc) is 2.15. The van der Waals surface area contributed by atoms with Gasteiger partial charge in [-0.15, -0.1) is 0 Å². The minimum Gasteiger partial charge on any atom is -0.376 e. The maximum atomic E-state index is 10.6. The van der Waals surface area contributed by atoms with Gasteiger partial charge in [-0.1, -0.05) is 0 Å². The van der Waals surface area contributed by atoms with E-state index >= 15 is 0 Å². The predicted octanol–water partition coefficient (Wildman–Crippen LogP) is -1.26. The molecule has 1 saturated heterocycles. The molecule has 9 heavy (non-hydrogen) atoms. The van der Waals surface area contributed by atoms with Gasteiger partial charge in [0.05, 0.1) is 0 Å². The molecule has 1 rings (SSSR count). The topological polar surface area (TPSA) is 57.6 Å². The Morgan fingerprint density at radius 1 is 1.56 bits per heavy atom. The van der Waals surface area contributed by atoms with Crippen LogP contribution in [0, 0.1) is 0 Å². The molecule has 50 valence electrons. The molecule has 0 aliphatic carbocycles. The number of hydrogen-bond donors (Lipinski definition) is 1. The molecule has 1 aliphatic heterocycles. The van der Waals surface area contributed by atoms with Gasteiger partial charge < -0.3 is 10.0 Å². The van der Waals surface area contributed by atoms with E-state index in [9.17, 15) is 9.59 Å². The zero-order chi connectivity index (χ0) is 6.85. The first-order valence-corrected chi connectivity index (χ1v) is 2.68. The molecule has 4 nitrogen and oxygen atoms in total. The summed E-state index contributed by atoms with van der Waals surface area (Å²) in [7, 11) is 0. The summed E-state index contributed by atoms with van der Waals surface area (Å²) in [5.41, 5.74) is 0. The van der Waals surface area contributed by atoms with Gasteiger partial charge in [-0.2, -0.15) is 0 Å². The van der Waals surface area contributed by atoms with Crippen LogP contribution in [0.4, 0.5) is 0 Å².